The van der Waals surface area contributed by atoms with Gasteiger partial charge in [0.05, 0.1) is 0 Å². The minimum absolute atomic E-state index is 0.0300. The van der Waals surface area contributed by atoms with Crippen molar-refractivity contribution in [3.63, 3.8) is 0 Å². The lowest BCUT2D eigenvalue weighted by atomic mass is 9.63. The number of likely N-dealkylation sites (N-methyl/N-ethyl adjacent to an activating group) is 1. The fraction of sp³-hybridized carbons (Fsp3) is 0.846. The monoisotopic (exact) mass is 241 g/mol. The van der Waals surface area contributed by atoms with E-state index in [9.17, 15) is 14.7 Å². The molecule has 0 aliphatic heterocycles. The molecule has 0 spiro atoms. The first kappa shape index (κ1) is 14.0. The Hall–Kier alpha value is -1.06. The molecule has 4 nitrogen and oxygen atoms in total. The maximum absolute atomic E-state index is 11.6. The molecule has 1 aliphatic rings. The highest BCUT2D eigenvalue weighted by Crippen LogP contribution is 2.46. The van der Waals surface area contributed by atoms with Crippen LogP contribution < -0.4 is 0 Å². The van der Waals surface area contributed by atoms with E-state index in [-0.39, 0.29) is 17.2 Å². The Labute approximate surface area is 103 Å². The molecule has 98 valence electrons. The molecule has 1 amide bonds. The number of carbonyl (C=O) groups excluding carboxylic acids is 1. The second kappa shape index (κ2) is 4.31. The van der Waals surface area contributed by atoms with Crippen molar-refractivity contribution < 1.29 is 14.7 Å². The summed E-state index contributed by atoms with van der Waals surface area (Å²) in [5, 5.41) is 9.55. The summed E-state index contributed by atoms with van der Waals surface area (Å²) >= 11 is 0. The number of carboxylic acid groups (broad SMARTS) is 1. The van der Waals surface area contributed by atoms with E-state index in [2.05, 4.69) is 13.8 Å². The fourth-order valence-electron chi connectivity index (χ4n) is 3.12. The van der Waals surface area contributed by atoms with Gasteiger partial charge in [0.1, 0.15) is 5.54 Å². The van der Waals surface area contributed by atoms with Crippen LogP contribution in [0.1, 0.15) is 47.0 Å². The summed E-state index contributed by atoms with van der Waals surface area (Å²) in [4.78, 5) is 24.6. The van der Waals surface area contributed by atoms with E-state index in [1.165, 1.54) is 11.8 Å². The van der Waals surface area contributed by atoms with Gasteiger partial charge in [0.25, 0.3) is 0 Å². The lowest BCUT2D eigenvalue weighted by Crippen LogP contribution is -2.61. The van der Waals surface area contributed by atoms with Crippen LogP contribution in [0.5, 0.6) is 0 Å². The highest BCUT2D eigenvalue weighted by molar-refractivity contribution is 5.86. The molecule has 0 bridgehead atoms. The van der Waals surface area contributed by atoms with E-state index in [1.54, 1.807) is 7.05 Å². The van der Waals surface area contributed by atoms with Crippen LogP contribution in [-0.2, 0) is 9.59 Å². The SMILES string of the molecule is CC(=O)N(C)C1(C(=O)O)CCC(C)(C)CC1C. The van der Waals surface area contributed by atoms with Crippen LogP contribution in [-0.4, -0.2) is 34.5 Å². The minimum atomic E-state index is -1.03. The van der Waals surface area contributed by atoms with Crippen molar-refractivity contribution in [2.45, 2.75) is 52.5 Å². The average Bonchev–Trinajstić information content (AvgIpc) is 2.15. The number of amides is 1. The first-order valence-corrected chi connectivity index (χ1v) is 6.11. The van der Waals surface area contributed by atoms with Gasteiger partial charge in [0.2, 0.25) is 5.91 Å². The lowest BCUT2D eigenvalue weighted by Gasteiger charge is -2.49. The summed E-state index contributed by atoms with van der Waals surface area (Å²) in [6.07, 6.45) is 2.20. The van der Waals surface area contributed by atoms with E-state index in [4.69, 9.17) is 0 Å². The van der Waals surface area contributed by atoms with Crippen LogP contribution in [0.25, 0.3) is 0 Å². The summed E-state index contributed by atoms with van der Waals surface area (Å²) < 4.78 is 0. The molecule has 0 aromatic rings. The number of nitrogens with zero attached hydrogens (tertiary/aromatic N) is 1. The maximum atomic E-state index is 11.6. The Morgan fingerprint density at radius 3 is 2.18 bits per heavy atom. The Morgan fingerprint density at radius 2 is 1.82 bits per heavy atom. The van der Waals surface area contributed by atoms with Gasteiger partial charge in [-0.3, -0.25) is 4.79 Å². The predicted octanol–water partition coefficient (Wildman–Crippen LogP) is 2.13. The second-order valence-corrected chi connectivity index (χ2v) is 6.08. The molecule has 1 fully saturated rings. The smallest absolute Gasteiger partial charge is 0.329 e. The van der Waals surface area contributed by atoms with Crippen molar-refractivity contribution in [1.82, 2.24) is 4.90 Å². The number of aliphatic carboxylic acids is 1. The third-order valence-electron chi connectivity index (χ3n) is 4.30. The lowest BCUT2D eigenvalue weighted by molar-refractivity contribution is -0.166. The van der Waals surface area contributed by atoms with Gasteiger partial charge in [-0.2, -0.15) is 0 Å². The van der Waals surface area contributed by atoms with Crippen LogP contribution in [0, 0.1) is 11.3 Å². The quantitative estimate of drug-likeness (QED) is 0.805. The van der Waals surface area contributed by atoms with Crippen LogP contribution in [0.15, 0.2) is 0 Å². The second-order valence-electron chi connectivity index (χ2n) is 6.08. The number of carbonyl (C=O) groups is 2. The van der Waals surface area contributed by atoms with Gasteiger partial charge in [0.15, 0.2) is 0 Å². The predicted molar refractivity (Wildman–Crippen MR) is 65.6 cm³/mol. The Bertz CT molecular complexity index is 338. The first-order chi connectivity index (χ1) is 7.63. The Balaban J connectivity index is 3.10. The van der Waals surface area contributed by atoms with E-state index >= 15 is 0 Å². The molecule has 1 saturated carbocycles. The third-order valence-corrected chi connectivity index (χ3v) is 4.30. The molecule has 0 heterocycles. The molecule has 1 rings (SSSR count). The zero-order valence-electron chi connectivity index (χ0n) is 11.4. The van der Waals surface area contributed by atoms with Gasteiger partial charge in [-0.25, -0.2) is 4.79 Å². The molecule has 0 aromatic carbocycles. The molecule has 0 radical (unpaired) electrons. The van der Waals surface area contributed by atoms with E-state index in [1.807, 2.05) is 6.92 Å². The normalized spacial score (nSPS) is 31.9. The largest absolute Gasteiger partial charge is 0.479 e. The average molecular weight is 241 g/mol. The van der Waals surface area contributed by atoms with Crippen molar-refractivity contribution in [2.75, 3.05) is 7.05 Å². The molecule has 2 unspecified atom stereocenters. The van der Waals surface area contributed by atoms with Crippen molar-refractivity contribution in [3.05, 3.63) is 0 Å². The van der Waals surface area contributed by atoms with Gasteiger partial charge >= 0.3 is 5.97 Å². The van der Waals surface area contributed by atoms with Gasteiger partial charge in [-0.05, 0) is 30.6 Å². The van der Waals surface area contributed by atoms with Crippen molar-refractivity contribution >= 4 is 11.9 Å². The molecule has 0 saturated heterocycles. The minimum Gasteiger partial charge on any atom is -0.479 e. The van der Waals surface area contributed by atoms with E-state index in [0.717, 1.165) is 12.8 Å². The summed E-state index contributed by atoms with van der Waals surface area (Å²) in [6, 6.07) is 0. The van der Waals surface area contributed by atoms with Gasteiger partial charge < -0.3 is 10.0 Å². The summed E-state index contributed by atoms with van der Waals surface area (Å²) in [5.74, 6) is -1.09. The van der Waals surface area contributed by atoms with Crippen LogP contribution >= 0.6 is 0 Å². The number of hydrogen-bond acceptors (Lipinski definition) is 2. The summed E-state index contributed by atoms with van der Waals surface area (Å²) in [5.41, 5.74) is -0.864. The first-order valence-electron chi connectivity index (χ1n) is 6.11. The van der Waals surface area contributed by atoms with Gasteiger partial charge in [-0.15, -0.1) is 0 Å². The molecule has 0 aromatic heterocycles. The van der Waals surface area contributed by atoms with Crippen molar-refractivity contribution in [3.8, 4) is 0 Å². The zero-order valence-corrected chi connectivity index (χ0v) is 11.4. The molecular weight excluding hydrogens is 218 g/mol. The molecule has 4 heteroatoms. The van der Waals surface area contributed by atoms with Gasteiger partial charge in [-0.1, -0.05) is 20.8 Å². The fourth-order valence-corrected chi connectivity index (χ4v) is 3.12. The van der Waals surface area contributed by atoms with E-state index < -0.39 is 11.5 Å². The van der Waals surface area contributed by atoms with Crippen LogP contribution in [0.3, 0.4) is 0 Å². The van der Waals surface area contributed by atoms with E-state index in [0.29, 0.717) is 6.42 Å². The molecule has 2 atom stereocenters. The number of carboxylic acids is 1. The molecule has 1 N–H and O–H groups in total. The third kappa shape index (κ3) is 2.31. The number of rotatable bonds is 2. The zero-order chi connectivity index (χ0) is 13.4. The summed E-state index contributed by atoms with van der Waals surface area (Å²) in [6.45, 7) is 7.68. The maximum Gasteiger partial charge on any atom is 0.329 e. The molecule has 1 aliphatic carbocycles. The van der Waals surface area contributed by atoms with Gasteiger partial charge in [0, 0.05) is 14.0 Å². The highest BCUT2D eigenvalue weighted by Gasteiger charge is 2.52. The van der Waals surface area contributed by atoms with Crippen LogP contribution in [0.4, 0.5) is 0 Å². The topological polar surface area (TPSA) is 57.6 Å². The molecule has 17 heavy (non-hydrogen) atoms. The standard InChI is InChI=1S/C13H23NO3/c1-9-8-12(3,4)6-7-13(9,11(16)17)14(5)10(2)15/h9H,6-8H2,1-5H3,(H,16,17). The highest BCUT2D eigenvalue weighted by atomic mass is 16.4. The van der Waals surface area contributed by atoms with Crippen molar-refractivity contribution in [2.24, 2.45) is 11.3 Å². The van der Waals surface area contributed by atoms with Crippen molar-refractivity contribution in [1.29, 1.82) is 0 Å². The Kier molecular flexibility index (Phi) is 3.55. The Morgan fingerprint density at radius 1 is 1.29 bits per heavy atom. The summed E-state index contributed by atoms with van der Waals surface area (Å²) in [7, 11) is 1.60. The van der Waals surface area contributed by atoms with Crippen LogP contribution in [0.2, 0.25) is 0 Å². The number of hydrogen-bond donors (Lipinski definition) is 1. The molecular formula is C13H23NO3.